The van der Waals surface area contributed by atoms with E-state index in [2.05, 4.69) is 10.0 Å². The van der Waals surface area contributed by atoms with Crippen molar-refractivity contribution >= 4 is 27.7 Å². The minimum absolute atomic E-state index is 0.208. The van der Waals surface area contributed by atoms with Crippen LogP contribution in [0.5, 0.6) is 0 Å². The maximum Gasteiger partial charge on any atom is 0.416 e. The van der Waals surface area contributed by atoms with Crippen LogP contribution in [0.1, 0.15) is 48.6 Å². The third kappa shape index (κ3) is 7.37. The summed E-state index contributed by atoms with van der Waals surface area (Å²) < 4.78 is 77.5. The highest BCUT2D eigenvalue weighted by molar-refractivity contribution is 7.92. The molecule has 32 heavy (non-hydrogen) atoms. The first-order chi connectivity index (χ1) is 14.8. The Balaban J connectivity index is 2.12. The van der Waals surface area contributed by atoms with Crippen LogP contribution in [0.4, 0.5) is 23.2 Å². The standard InChI is InChI=1S/C22H24F4N2O3S/c1-4-5-17-12-18(22(24,25)26)9-6-15(17)8-11-21(29)27-14(2)16-7-10-20(19(23)13-16)28-32(3,30)31/h6-14,28H,4-5H2,1-3H3,(H,27,29)/b11-8+/t14-/m1/s1. The fourth-order valence-corrected chi connectivity index (χ4v) is 3.59. The molecule has 0 saturated heterocycles. The number of hydrogen-bond acceptors (Lipinski definition) is 3. The maximum atomic E-state index is 14.1. The Morgan fingerprint density at radius 1 is 1.16 bits per heavy atom. The highest BCUT2D eigenvalue weighted by atomic mass is 32.2. The van der Waals surface area contributed by atoms with Gasteiger partial charge >= 0.3 is 6.18 Å². The molecule has 174 valence electrons. The molecule has 0 saturated carbocycles. The van der Waals surface area contributed by atoms with Gasteiger partial charge in [-0.05, 0) is 60.4 Å². The van der Waals surface area contributed by atoms with Crippen molar-refractivity contribution in [2.45, 2.75) is 38.9 Å². The molecule has 0 fully saturated rings. The summed E-state index contributed by atoms with van der Waals surface area (Å²) in [6.07, 6.45) is 0.161. The monoisotopic (exact) mass is 472 g/mol. The molecule has 0 radical (unpaired) electrons. The number of anilines is 1. The molecule has 0 aliphatic heterocycles. The van der Waals surface area contributed by atoms with Crippen LogP contribution in [0.3, 0.4) is 0 Å². The lowest BCUT2D eigenvalue weighted by atomic mass is 9.99. The average Bonchev–Trinajstić information content (AvgIpc) is 2.67. The summed E-state index contributed by atoms with van der Waals surface area (Å²) in [6.45, 7) is 3.46. The molecule has 10 heteroatoms. The third-order valence-electron chi connectivity index (χ3n) is 4.55. The molecule has 2 rings (SSSR count). The minimum Gasteiger partial charge on any atom is -0.346 e. The van der Waals surface area contributed by atoms with Crippen LogP contribution >= 0.6 is 0 Å². The summed E-state index contributed by atoms with van der Waals surface area (Å²) in [5.41, 5.74) is 0.442. The van der Waals surface area contributed by atoms with Crippen LogP contribution < -0.4 is 10.0 Å². The normalized spacial score (nSPS) is 13.2. The first kappa shape index (κ1) is 25.4. The summed E-state index contributed by atoms with van der Waals surface area (Å²) in [6, 6.07) is 6.61. The smallest absolute Gasteiger partial charge is 0.346 e. The number of hydrogen-bond donors (Lipinski definition) is 2. The predicted molar refractivity (Wildman–Crippen MR) is 116 cm³/mol. The zero-order valence-corrected chi connectivity index (χ0v) is 18.6. The predicted octanol–water partition coefficient (Wildman–Crippen LogP) is 5.06. The second-order valence-electron chi connectivity index (χ2n) is 7.34. The number of nitrogens with one attached hydrogen (secondary N) is 2. The van der Waals surface area contributed by atoms with Crippen LogP contribution in [-0.4, -0.2) is 20.6 Å². The molecule has 0 aliphatic rings. The average molecular weight is 473 g/mol. The molecule has 2 aromatic rings. The van der Waals surface area contributed by atoms with Gasteiger partial charge in [-0.25, -0.2) is 12.8 Å². The van der Waals surface area contributed by atoms with Gasteiger partial charge in [-0.1, -0.05) is 25.5 Å². The number of carbonyl (C=O) groups is 1. The largest absolute Gasteiger partial charge is 0.416 e. The molecule has 0 unspecified atom stereocenters. The Bertz CT molecular complexity index is 1110. The van der Waals surface area contributed by atoms with E-state index in [1.807, 2.05) is 6.92 Å². The van der Waals surface area contributed by atoms with E-state index in [-0.39, 0.29) is 5.69 Å². The molecule has 2 aromatic carbocycles. The van der Waals surface area contributed by atoms with Crippen molar-refractivity contribution in [1.29, 1.82) is 0 Å². The van der Waals surface area contributed by atoms with Crippen molar-refractivity contribution in [3.8, 4) is 0 Å². The van der Waals surface area contributed by atoms with Gasteiger partial charge < -0.3 is 5.32 Å². The summed E-state index contributed by atoms with van der Waals surface area (Å²) >= 11 is 0. The molecule has 5 nitrogen and oxygen atoms in total. The molecule has 0 aromatic heterocycles. The summed E-state index contributed by atoms with van der Waals surface area (Å²) in [5.74, 6) is -1.31. The molecular formula is C22H24F4N2O3S. The number of sulfonamides is 1. The van der Waals surface area contributed by atoms with Crippen LogP contribution in [0.15, 0.2) is 42.5 Å². The summed E-state index contributed by atoms with van der Waals surface area (Å²) in [7, 11) is -3.64. The number of alkyl halides is 3. The number of rotatable bonds is 8. The van der Waals surface area contributed by atoms with Crippen molar-refractivity contribution in [2.24, 2.45) is 0 Å². The van der Waals surface area contributed by atoms with Crippen molar-refractivity contribution < 1.29 is 30.8 Å². The van der Waals surface area contributed by atoms with Gasteiger partial charge in [-0.3, -0.25) is 9.52 Å². The van der Waals surface area contributed by atoms with Gasteiger partial charge in [0.25, 0.3) is 0 Å². The Morgan fingerprint density at radius 2 is 1.84 bits per heavy atom. The number of carbonyl (C=O) groups excluding carboxylic acids is 1. The van der Waals surface area contributed by atoms with Gasteiger partial charge in [0.1, 0.15) is 5.82 Å². The van der Waals surface area contributed by atoms with Gasteiger partial charge in [-0.2, -0.15) is 13.2 Å². The van der Waals surface area contributed by atoms with Gasteiger partial charge in [-0.15, -0.1) is 0 Å². The topological polar surface area (TPSA) is 75.3 Å². The molecule has 1 amide bonds. The second kappa shape index (κ2) is 10.2. The fraction of sp³-hybridized carbons (Fsp3) is 0.318. The van der Waals surface area contributed by atoms with E-state index in [0.29, 0.717) is 29.5 Å². The molecule has 0 bridgehead atoms. The number of amides is 1. The lowest BCUT2D eigenvalue weighted by molar-refractivity contribution is -0.137. The lowest BCUT2D eigenvalue weighted by Crippen LogP contribution is -2.24. The van der Waals surface area contributed by atoms with E-state index in [9.17, 15) is 30.8 Å². The Labute approximate surface area is 184 Å². The third-order valence-corrected chi connectivity index (χ3v) is 5.14. The Morgan fingerprint density at radius 3 is 2.41 bits per heavy atom. The number of halogens is 4. The van der Waals surface area contributed by atoms with Gasteiger partial charge in [0.2, 0.25) is 15.9 Å². The Kier molecular flexibility index (Phi) is 8.06. The molecule has 2 N–H and O–H groups in total. The fourth-order valence-electron chi connectivity index (χ4n) is 3.02. The molecule has 0 heterocycles. The lowest BCUT2D eigenvalue weighted by Gasteiger charge is -2.15. The quantitative estimate of drug-likeness (QED) is 0.417. The van der Waals surface area contributed by atoms with Crippen LogP contribution in [0, 0.1) is 5.82 Å². The van der Waals surface area contributed by atoms with Crippen LogP contribution in [-0.2, 0) is 27.4 Å². The summed E-state index contributed by atoms with van der Waals surface area (Å²) in [5, 5.41) is 2.64. The minimum atomic E-state index is -4.45. The van der Waals surface area contributed by atoms with Crippen LogP contribution in [0.2, 0.25) is 0 Å². The zero-order valence-electron chi connectivity index (χ0n) is 17.8. The van der Waals surface area contributed by atoms with E-state index >= 15 is 0 Å². The van der Waals surface area contributed by atoms with Gasteiger partial charge in [0.05, 0.1) is 23.5 Å². The zero-order chi connectivity index (χ0) is 24.1. The van der Waals surface area contributed by atoms with Crippen molar-refractivity contribution in [3.63, 3.8) is 0 Å². The number of aryl methyl sites for hydroxylation is 1. The van der Waals surface area contributed by atoms with E-state index in [4.69, 9.17) is 0 Å². The van der Waals surface area contributed by atoms with Crippen molar-refractivity contribution in [2.75, 3.05) is 11.0 Å². The highest BCUT2D eigenvalue weighted by Crippen LogP contribution is 2.31. The second-order valence-corrected chi connectivity index (χ2v) is 9.09. The first-order valence-electron chi connectivity index (χ1n) is 9.76. The SMILES string of the molecule is CCCc1cc(C(F)(F)F)ccc1/C=C/C(=O)N[C@H](C)c1ccc(NS(C)(=O)=O)c(F)c1. The van der Waals surface area contributed by atoms with Crippen molar-refractivity contribution in [1.82, 2.24) is 5.32 Å². The van der Waals surface area contributed by atoms with Crippen LogP contribution in [0.25, 0.3) is 6.08 Å². The van der Waals surface area contributed by atoms with Gasteiger partial charge in [0.15, 0.2) is 0 Å². The first-order valence-corrected chi connectivity index (χ1v) is 11.6. The Hall–Kier alpha value is -2.88. The maximum absolute atomic E-state index is 14.1. The van der Waals surface area contributed by atoms with Gasteiger partial charge in [0, 0.05) is 6.08 Å². The van der Waals surface area contributed by atoms with E-state index in [1.165, 1.54) is 30.4 Å². The molecular weight excluding hydrogens is 448 g/mol. The molecule has 1 atom stereocenters. The van der Waals surface area contributed by atoms with Crippen molar-refractivity contribution in [3.05, 3.63) is 70.5 Å². The van der Waals surface area contributed by atoms with E-state index in [1.54, 1.807) is 6.92 Å². The highest BCUT2D eigenvalue weighted by Gasteiger charge is 2.30. The molecule has 0 spiro atoms. The van der Waals surface area contributed by atoms with E-state index < -0.39 is 39.5 Å². The number of benzene rings is 2. The van der Waals surface area contributed by atoms with E-state index in [0.717, 1.165) is 24.5 Å². The summed E-state index contributed by atoms with van der Waals surface area (Å²) in [4.78, 5) is 12.3. The molecule has 0 aliphatic carbocycles.